The molecule has 0 saturated heterocycles. The topological polar surface area (TPSA) is 64.0 Å². The molecule has 0 radical (unpaired) electrons. The van der Waals surface area contributed by atoms with Gasteiger partial charge < -0.3 is 0 Å². The minimum atomic E-state index is -0.399. The first-order chi connectivity index (χ1) is 13.8. The highest BCUT2D eigenvalue weighted by molar-refractivity contribution is 7.02. The highest BCUT2D eigenvalue weighted by atomic mass is 35.5. The molecule has 0 fully saturated rings. The van der Waals surface area contributed by atoms with Crippen molar-refractivity contribution in [3.8, 4) is 0 Å². The molecule has 1 aliphatic rings. The first-order valence-electron chi connectivity index (χ1n) is 9.59. The Balaban J connectivity index is 1.99. The summed E-state index contributed by atoms with van der Waals surface area (Å²) in [5, 5.41) is 9.37. The standard InChI is InChI=1S/C21H23ClN5OS/c1-11(2)18(28)10-17-21-25-24-14(5)26(21)27-20(12(3)13(4)29-27)19(23-17)15-6-8-16(22)9-7-15/h6-9,11,17H,10H2,1-5H3/q+1/t17-/m0/s1. The van der Waals surface area contributed by atoms with Crippen molar-refractivity contribution in [1.29, 1.82) is 0 Å². The third-order valence-corrected chi connectivity index (χ3v) is 6.61. The van der Waals surface area contributed by atoms with Crippen LogP contribution >= 0.6 is 23.1 Å². The number of halogens is 1. The zero-order valence-electron chi connectivity index (χ0n) is 17.1. The van der Waals surface area contributed by atoms with E-state index in [0.29, 0.717) is 17.3 Å². The van der Waals surface area contributed by atoms with Crippen LogP contribution in [0.15, 0.2) is 29.3 Å². The van der Waals surface area contributed by atoms with E-state index in [1.54, 1.807) is 11.5 Å². The summed E-state index contributed by atoms with van der Waals surface area (Å²) in [6.07, 6.45) is 0.292. The molecule has 0 bridgehead atoms. The Kier molecular flexibility index (Phi) is 5.12. The fourth-order valence-corrected chi connectivity index (χ4v) is 4.64. The molecule has 3 heterocycles. The number of benzene rings is 1. The van der Waals surface area contributed by atoms with Gasteiger partial charge in [0.25, 0.3) is 5.69 Å². The third kappa shape index (κ3) is 3.42. The Morgan fingerprint density at radius 2 is 1.90 bits per heavy atom. The zero-order chi connectivity index (χ0) is 20.9. The number of aliphatic imine (C=N–C) groups is 1. The van der Waals surface area contributed by atoms with Gasteiger partial charge in [-0.3, -0.25) is 9.79 Å². The smallest absolute Gasteiger partial charge is 0.281 e. The lowest BCUT2D eigenvalue weighted by Crippen LogP contribution is -2.44. The van der Waals surface area contributed by atoms with Crippen LogP contribution in [0.25, 0.3) is 0 Å². The van der Waals surface area contributed by atoms with Crippen molar-refractivity contribution in [3.63, 3.8) is 0 Å². The van der Waals surface area contributed by atoms with E-state index in [2.05, 4.69) is 28.1 Å². The molecule has 3 aromatic rings. The van der Waals surface area contributed by atoms with E-state index >= 15 is 0 Å². The van der Waals surface area contributed by atoms with E-state index in [-0.39, 0.29) is 11.7 Å². The molecule has 2 aromatic heterocycles. The molecule has 29 heavy (non-hydrogen) atoms. The van der Waals surface area contributed by atoms with Gasteiger partial charge in [0.2, 0.25) is 5.82 Å². The molecule has 6 nitrogen and oxygen atoms in total. The lowest BCUT2D eigenvalue weighted by atomic mass is 10.00. The van der Waals surface area contributed by atoms with Crippen molar-refractivity contribution in [2.45, 2.75) is 47.1 Å². The fourth-order valence-electron chi connectivity index (χ4n) is 3.43. The van der Waals surface area contributed by atoms with Crippen molar-refractivity contribution in [2.24, 2.45) is 10.9 Å². The summed E-state index contributed by atoms with van der Waals surface area (Å²) in [7, 11) is 0. The lowest BCUT2D eigenvalue weighted by Gasteiger charge is -2.11. The molecular formula is C21H23ClN5OS+. The molecule has 1 aliphatic heterocycles. The number of aromatic nitrogens is 4. The van der Waals surface area contributed by atoms with Gasteiger partial charge in [0.15, 0.2) is 17.4 Å². The number of aryl methyl sites for hydroxylation is 2. The van der Waals surface area contributed by atoms with Crippen LogP contribution in [-0.4, -0.2) is 26.4 Å². The number of carbonyl (C=O) groups is 1. The van der Waals surface area contributed by atoms with Crippen molar-refractivity contribution in [2.75, 3.05) is 0 Å². The maximum absolute atomic E-state index is 12.6. The number of Topliss-reactive ketones (excluding diaryl/α,β-unsaturated/α-hetero) is 1. The van der Waals surface area contributed by atoms with Gasteiger partial charge in [-0.2, -0.15) is 0 Å². The zero-order valence-corrected chi connectivity index (χ0v) is 18.7. The minimum absolute atomic E-state index is 0.0596. The Hall–Kier alpha value is -2.38. The minimum Gasteiger partial charge on any atom is -0.299 e. The number of carbonyl (C=O) groups excluding carboxylic acids is 1. The Morgan fingerprint density at radius 3 is 2.55 bits per heavy atom. The number of nitrogens with zero attached hydrogens (tertiary/aromatic N) is 5. The van der Waals surface area contributed by atoms with E-state index in [9.17, 15) is 4.79 Å². The number of hydrogen-bond donors (Lipinski definition) is 0. The van der Waals surface area contributed by atoms with E-state index in [0.717, 1.165) is 28.4 Å². The molecule has 1 atom stereocenters. The molecular weight excluding hydrogens is 406 g/mol. The molecule has 0 aliphatic carbocycles. The number of hydrogen-bond acceptors (Lipinski definition) is 5. The van der Waals surface area contributed by atoms with Gasteiger partial charge >= 0.3 is 0 Å². The van der Waals surface area contributed by atoms with Crippen LogP contribution in [0.1, 0.15) is 59.7 Å². The predicted octanol–water partition coefficient (Wildman–Crippen LogP) is 4.02. The summed E-state index contributed by atoms with van der Waals surface area (Å²) in [6.45, 7) is 9.95. The second-order valence-corrected chi connectivity index (χ2v) is 9.21. The van der Waals surface area contributed by atoms with Crippen molar-refractivity contribution in [1.82, 2.24) is 14.9 Å². The summed E-state index contributed by atoms with van der Waals surface area (Å²) in [5.41, 5.74) is 3.95. The quantitative estimate of drug-likeness (QED) is 0.589. The molecule has 4 rings (SSSR count). The van der Waals surface area contributed by atoms with Crippen molar-refractivity contribution in [3.05, 3.63) is 62.6 Å². The molecule has 8 heteroatoms. The monoisotopic (exact) mass is 428 g/mol. The van der Waals surface area contributed by atoms with Gasteiger partial charge in [0.05, 0.1) is 4.88 Å². The van der Waals surface area contributed by atoms with Crippen LogP contribution in [0.5, 0.6) is 0 Å². The van der Waals surface area contributed by atoms with Gasteiger partial charge in [0, 0.05) is 39.5 Å². The van der Waals surface area contributed by atoms with E-state index in [4.69, 9.17) is 16.6 Å². The van der Waals surface area contributed by atoms with Crippen LogP contribution in [-0.2, 0) is 4.79 Å². The Labute approximate surface area is 179 Å². The number of ketones is 1. The largest absolute Gasteiger partial charge is 0.299 e. The Bertz CT molecular complexity index is 1130. The molecule has 0 N–H and O–H groups in total. The maximum atomic E-state index is 12.6. The first kappa shape index (κ1) is 19.9. The molecule has 0 saturated carbocycles. The van der Waals surface area contributed by atoms with Crippen LogP contribution in [0.4, 0.5) is 0 Å². The third-order valence-electron chi connectivity index (χ3n) is 5.26. The summed E-state index contributed by atoms with van der Waals surface area (Å²) < 4.78 is 4.09. The highest BCUT2D eigenvalue weighted by Crippen LogP contribution is 2.30. The number of rotatable bonds is 4. The Morgan fingerprint density at radius 1 is 1.21 bits per heavy atom. The normalized spacial score (nSPS) is 15.7. The molecule has 150 valence electrons. The molecule has 0 amide bonds. The average Bonchev–Trinajstić information content (AvgIpc) is 3.15. The predicted molar refractivity (Wildman–Crippen MR) is 114 cm³/mol. The van der Waals surface area contributed by atoms with Crippen LogP contribution < -0.4 is 4.07 Å². The second-order valence-electron chi connectivity index (χ2n) is 7.64. The van der Waals surface area contributed by atoms with Crippen LogP contribution in [0, 0.1) is 26.7 Å². The van der Waals surface area contributed by atoms with E-state index < -0.39 is 6.04 Å². The van der Waals surface area contributed by atoms with Crippen molar-refractivity contribution < 1.29 is 8.86 Å². The van der Waals surface area contributed by atoms with E-state index in [1.165, 1.54) is 4.88 Å². The first-order valence-corrected chi connectivity index (χ1v) is 10.7. The number of fused-ring (bicyclic) bond motifs is 3. The van der Waals surface area contributed by atoms with Gasteiger partial charge in [-0.05, 0) is 26.0 Å². The van der Waals surface area contributed by atoms with Crippen LogP contribution in [0.2, 0.25) is 5.02 Å². The summed E-state index contributed by atoms with van der Waals surface area (Å²) in [4.78, 5) is 18.9. The van der Waals surface area contributed by atoms with Gasteiger partial charge in [0.1, 0.15) is 17.5 Å². The summed E-state index contributed by atoms with van der Waals surface area (Å²) in [6, 6.07) is 7.27. The van der Waals surface area contributed by atoms with Gasteiger partial charge in [-0.25, -0.2) is 0 Å². The van der Waals surface area contributed by atoms with Gasteiger partial charge in [-0.15, -0.1) is 10.2 Å². The maximum Gasteiger partial charge on any atom is 0.281 e. The SMILES string of the molecule is Cc1s[n+]2c(c1C)C(c1ccc(Cl)cc1)=N[C@@H](CC(=O)C(C)C)c1nnc(C)n1-2. The summed E-state index contributed by atoms with van der Waals surface area (Å²) >= 11 is 7.75. The second kappa shape index (κ2) is 7.46. The fraction of sp³-hybridized carbons (Fsp3) is 0.381. The van der Waals surface area contributed by atoms with E-state index in [1.807, 2.05) is 49.7 Å². The molecule has 1 aromatic carbocycles. The van der Waals surface area contributed by atoms with Crippen LogP contribution in [0.3, 0.4) is 0 Å². The van der Waals surface area contributed by atoms with Crippen molar-refractivity contribution >= 4 is 34.6 Å². The average molecular weight is 429 g/mol. The highest BCUT2D eigenvalue weighted by Gasteiger charge is 2.38. The molecule has 0 unspecified atom stereocenters. The lowest BCUT2D eigenvalue weighted by molar-refractivity contribution is -0.665. The van der Waals surface area contributed by atoms with Gasteiger partial charge in [-0.1, -0.05) is 42.3 Å². The molecule has 0 spiro atoms. The summed E-state index contributed by atoms with van der Waals surface area (Å²) in [5.74, 6) is 1.55.